The number of urea groups is 1. The van der Waals surface area contributed by atoms with E-state index in [1.807, 2.05) is 46.7 Å². The normalized spacial score (nSPS) is 13.4. The lowest BCUT2D eigenvalue weighted by atomic mass is 10.1. The second kappa shape index (κ2) is 13.2. The maximum Gasteiger partial charge on any atom is 0.414 e. The molecule has 0 atom stereocenters. The van der Waals surface area contributed by atoms with Crippen LogP contribution in [-0.2, 0) is 16.0 Å². The van der Waals surface area contributed by atoms with E-state index in [-0.39, 0.29) is 11.8 Å². The van der Waals surface area contributed by atoms with Crippen molar-refractivity contribution in [3.63, 3.8) is 0 Å². The number of Topliss-reactive ketones (excluding diaryl/α,β-unsaturated/α-hetero) is 1. The van der Waals surface area contributed by atoms with Crippen LogP contribution >= 0.6 is 11.3 Å². The molecule has 3 N–H and O–H groups in total. The Bertz CT molecular complexity index is 912. The number of ketones is 1. The van der Waals surface area contributed by atoms with E-state index in [0.29, 0.717) is 26.2 Å². The molecule has 1 aliphatic heterocycles. The lowest BCUT2D eigenvalue weighted by Crippen LogP contribution is -2.52. The summed E-state index contributed by atoms with van der Waals surface area (Å²) in [6.45, 7) is 3.76. The van der Waals surface area contributed by atoms with Gasteiger partial charge in [-0.25, -0.2) is 14.4 Å². The molecule has 2 aromatic rings. The average Bonchev–Trinajstić information content (AvgIpc) is 3.35. The van der Waals surface area contributed by atoms with Crippen molar-refractivity contribution in [2.45, 2.75) is 6.42 Å². The van der Waals surface area contributed by atoms with Crippen LogP contribution in [0.1, 0.15) is 15.2 Å². The molecule has 1 aromatic heterocycles. The Balaban J connectivity index is 0.000000569. The second-order valence-corrected chi connectivity index (χ2v) is 8.05. The maximum absolute atomic E-state index is 12.3. The number of nitrogens with one attached hydrogen (secondary N) is 1. The Morgan fingerprint density at radius 1 is 1.00 bits per heavy atom. The molecule has 10 nitrogen and oxygen atoms in total. The molecule has 0 spiro atoms. The van der Waals surface area contributed by atoms with Gasteiger partial charge in [-0.3, -0.25) is 9.69 Å². The average molecular weight is 478 g/mol. The third kappa shape index (κ3) is 8.91. The molecule has 2 heterocycles. The molecule has 33 heavy (non-hydrogen) atoms. The molecule has 1 fully saturated rings. The van der Waals surface area contributed by atoms with Crippen LogP contribution in [0.15, 0.2) is 41.8 Å². The minimum Gasteiger partial charge on any atom is -0.497 e. The van der Waals surface area contributed by atoms with Crippen molar-refractivity contribution in [1.29, 1.82) is 0 Å². The van der Waals surface area contributed by atoms with Crippen LogP contribution in [0, 0.1) is 0 Å². The van der Waals surface area contributed by atoms with Crippen molar-refractivity contribution < 1.29 is 34.1 Å². The zero-order valence-electron chi connectivity index (χ0n) is 18.2. The molecule has 1 saturated heterocycles. The standard InChI is InChI=1S/C20H25N3O3S.C2H2O4/c1-26-17-6-4-16(5-7-17)8-9-21-20(25)23-12-10-22(11-13-23)15-18(24)19-3-2-14-27-19;3-1(4)2(5)6/h2-7,14H,8-13,15H2,1H3,(H,21,25);(H,3,4)(H,5,6). The summed E-state index contributed by atoms with van der Waals surface area (Å²) in [5.74, 6) is -2.66. The summed E-state index contributed by atoms with van der Waals surface area (Å²) in [6, 6.07) is 11.6. The van der Waals surface area contributed by atoms with Gasteiger partial charge in [-0.05, 0) is 35.6 Å². The van der Waals surface area contributed by atoms with Gasteiger partial charge in [0, 0.05) is 32.7 Å². The molecule has 0 bridgehead atoms. The Morgan fingerprint density at radius 2 is 1.64 bits per heavy atom. The first-order chi connectivity index (χ1) is 15.8. The Kier molecular flexibility index (Phi) is 10.3. The van der Waals surface area contributed by atoms with Gasteiger partial charge in [-0.15, -0.1) is 11.3 Å². The third-order valence-electron chi connectivity index (χ3n) is 4.85. The Morgan fingerprint density at radius 3 is 2.15 bits per heavy atom. The van der Waals surface area contributed by atoms with Gasteiger partial charge in [-0.2, -0.15) is 0 Å². The van der Waals surface area contributed by atoms with E-state index in [1.165, 1.54) is 11.3 Å². The zero-order valence-corrected chi connectivity index (χ0v) is 19.0. The fourth-order valence-electron chi connectivity index (χ4n) is 3.05. The number of rotatable bonds is 7. The number of piperazine rings is 1. The van der Waals surface area contributed by atoms with E-state index in [1.54, 1.807) is 7.11 Å². The highest BCUT2D eigenvalue weighted by atomic mass is 32.1. The SMILES string of the molecule is COc1ccc(CCNC(=O)N2CCN(CC(=O)c3cccs3)CC2)cc1.O=C(O)C(=O)O. The first-order valence-electron chi connectivity index (χ1n) is 10.2. The molecule has 0 unspecified atom stereocenters. The Hall–Kier alpha value is -3.44. The molecule has 1 aliphatic rings. The summed E-state index contributed by atoms with van der Waals surface area (Å²) < 4.78 is 5.14. The van der Waals surface area contributed by atoms with Crippen LogP contribution in [-0.4, -0.2) is 90.1 Å². The van der Waals surface area contributed by atoms with Gasteiger partial charge in [0.05, 0.1) is 18.5 Å². The molecule has 0 saturated carbocycles. The second-order valence-electron chi connectivity index (χ2n) is 7.10. The number of carbonyl (C=O) groups is 4. The fourth-order valence-corrected chi connectivity index (χ4v) is 3.70. The van der Waals surface area contributed by atoms with Gasteiger partial charge >= 0.3 is 18.0 Å². The van der Waals surface area contributed by atoms with Gasteiger partial charge in [0.25, 0.3) is 0 Å². The number of hydrogen-bond donors (Lipinski definition) is 3. The first kappa shape index (κ1) is 25.8. The largest absolute Gasteiger partial charge is 0.497 e. The lowest BCUT2D eigenvalue weighted by molar-refractivity contribution is -0.159. The molecular weight excluding hydrogens is 450 g/mol. The van der Waals surface area contributed by atoms with E-state index in [2.05, 4.69) is 10.2 Å². The molecule has 11 heteroatoms. The summed E-state index contributed by atoms with van der Waals surface area (Å²) in [7, 11) is 1.65. The number of thiophene rings is 1. The van der Waals surface area contributed by atoms with Crippen LogP contribution in [0.3, 0.4) is 0 Å². The number of nitrogens with zero attached hydrogens (tertiary/aromatic N) is 2. The number of carboxylic acids is 2. The number of ether oxygens (including phenoxy) is 1. The van der Waals surface area contributed by atoms with E-state index < -0.39 is 11.9 Å². The predicted molar refractivity (Wildman–Crippen MR) is 122 cm³/mol. The molecule has 0 radical (unpaired) electrons. The molecule has 178 valence electrons. The van der Waals surface area contributed by atoms with Crippen LogP contribution < -0.4 is 10.1 Å². The highest BCUT2D eigenvalue weighted by Gasteiger charge is 2.22. The number of amides is 2. The van der Waals surface area contributed by atoms with E-state index >= 15 is 0 Å². The molecule has 0 aliphatic carbocycles. The summed E-state index contributed by atoms with van der Waals surface area (Å²) in [5.41, 5.74) is 1.16. The van der Waals surface area contributed by atoms with E-state index in [4.69, 9.17) is 24.5 Å². The highest BCUT2D eigenvalue weighted by Crippen LogP contribution is 2.12. The van der Waals surface area contributed by atoms with E-state index in [0.717, 1.165) is 35.7 Å². The van der Waals surface area contributed by atoms with Gasteiger partial charge in [0.2, 0.25) is 0 Å². The van der Waals surface area contributed by atoms with Crippen molar-refractivity contribution in [3.8, 4) is 5.75 Å². The highest BCUT2D eigenvalue weighted by molar-refractivity contribution is 7.12. The van der Waals surface area contributed by atoms with Crippen LogP contribution in [0.2, 0.25) is 0 Å². The third-order valence-corrected chi connectivity index (χ3v) is 5.77. The predicted octanol–water partition coefficient (Wildman–Crippen LogP) is 1.66. The lowest BCUT2D eigenvalue weighted by Gasteiger charge is -2.34. The van der Waals surface area contributed by atoms with Crippen molar-refractivity contribution in [1.82, 2.24) is 15.1 Å². The van der Waals surface area contributed by atoms with Gasteiger partial charge in [0.15, 0.2) is 5.78 Å². The van der Waals surface area contributed by atoms with Crippen molar-refractivity contribution in [2.24, 2.45) is 0 Å². The quantitative estimate of drug-likeness (QED) is 0.405. The van der Waals surface area contributed by atoms with E-state index in [9.17, 15) is 9.59 Å². The monoisotopic (exact) mass is 477 g/mol. The first-order valence-corrected chi connectivity index (χ1v) is 11.1. The maximum atomic E-state index is 12.3. The number of hydrogen-bond acceptors (Lipinski definition) is 7. The molecule has 3 rings (SSSR count). The zero-order chi connectivity index (χ0) is 24.2. The number of aliphatic carboxylic acids is 2. The summed E-state index contributed by atoms with van der Waals surface area (Å²) in [5, 5.41) is 19.7. The summed E-state index contributed by atoms with van der Waals surface area (Å²) in [6.07, 6.45) is 0.783. The van der Waals surface area contributed by atoms with Gasteiger partial charge < -0.3 is 25.2 Å². The smallest absolute Gasteiger partial charge is 0.414 e. The number of methoxy groups -OCH3 is 1. The number of carbonyl (C=O) groups excluding carboxylic acids is 2. The Labute approximate surface area is 195 Å². The van der Waals surface area contributed by atoms with Crippen LogP contribution in [0.5, 0.6) is 5.75 Å². The summed E-state index contributed by atoms with van der Waals surface area (Å²) >= 11 is 1.48. The molecule has 2 amide bonds. The van der Waals surface area contributed by atoms with Crippen molar-refractivity contribution in [3.05, 3.63) is 52.2 Å². The van der Waals surface area contributed by atoms with Gasteiger partial charge in [0.1, 0.15) is 5.75 Å². The summed E-state index contributed by atoms with van der Waals surface area (Å²) in [4.78, 5) is 47.4. The van der Waals surface area contributed by atoms with Crippen LogP contribution in [0.25, 0.3) is 0 Å². The number of carboxylic acid groups (broad SMARTS) is 2. The fraction of sp³-hybridized carbons (Fsp3) is 0.364. The van der Waals surface area contributed by atoms with Crippen molar-refractivity contribution in [2.75, 3.05) is 46.4 Å². The topological polar surface area (TPSA) is 136 Å². The van der Waals surface area contributed by atoms with Crippen LogP contribution in [0.4, 0.5) is 4.79 Å². The minimum atomic E-state index is -1.82. The van der Waals surface area contributed by atoms with Gasteiger partial charge in [-0.1, -0.05) is 18.2 Å². The minimum absolute atomic E-state index is 0.0345. The molecular formula is C22H27N3O7S. The van der Waals surface area contributed by atoms with Crippen molar-refractivity contribution >= 4 is 35.1 Å². The molecule has 1 aromatic carbocycles. The number of benzene rings is 1.